The van der Waals surface area contributed by atoms with Crippen LogP contribution in [-0.4, -0.2) is 19.6 Å². The fourth-order valence-electron chi connectivity index (χ4n) is 2.85. The van der Waals surface area contributed by atoms with Crippen LogP contribution in [0.4, 0.5) is 11.4 Å². The second-order valence-corrected chi connectivity index (χ2v) is 8.44. The topological polar surface area (TPSA) is 59.6 Å². The molecule has 3 aromatic rings. The summed E-state index contributed by atoms with van der Waals surface area (Å²) in [6.45, 7) is 2.20. The van der Waals surface area contributed by atoms with Crippen LogP contribution in [0.25, 0.3) is 0 Å². The van der Waals surface area contributed by atoms with E-state index in [4.69, 9.17) is 32.7 Å². The second-order valence-electron chi connectivity index (χ2n) is 6.74. The predicted molar refractivity (Wildman–Crippen MR) is 130 cm³/mol. The fourth-order valence-corrected chi connectivity index (χ4v) is 3.78. The van der Waals surface area contributed by atoms with E-state index >= 15 is 0 Å². The van der Waals surface area contributed by atoms with E-state index in [2.05, 4.69) is 26.6 Å². The summed E-state index contributed by atoms with van der Waals surface area (Å²) in [6, 6.07) is 16.4. The maximum absolute atomic E-state index is 12.4. The zero-order valence-electron chi connectivity index (χ0n) is 17.0. The molecule has 0 fully saturated rings. The second kappa shape index (κ2) is 10.8. The number of hydrogen-bond donors (Lipinski definition) is 2. The number of rotatable bonds is 8. The van der Waals surface area contributed by atoms with Gasteiger partial charge in [-0.05, 0) is 49.4 Å². The molecule has 0 aliphatic carbocycles. The SMILES string of the molecule is COc1ccc(Br)c(CNc2ccc(Cl)cc2Cl)c1OCC(=O)Nc1ccc(C)cc1. The molecule has 2 N–H and O–H groups in total. The van der Waals surface area contributed by atoms with Crippen molar-refractivity contribution in [2.75, 3.05) is 24.4 Å². The summed E-state index contributed by atoms with van der Waals surface area (Å²) in [4.78, 5) is 12.4. The molecule has 0 bridgehead atoms. The fraction of sp³-hybridized carbons (Fsp3) is 0.174. The normalized spacial score (nSPS) is 10.5. The average molecular weight is 524 g/mol. The standard InChI is InChI=1S/C23H21BrCl2N2O3/c1-14-3-6-16(7-4-14)28-22(29)13-31-23-17(18(24)8-10-21(23)30-2)12-27-20-9-5-15(25)11-19(20)26/h3-11,27H,12-13H2,1-2H3,(H,28,29). The number of carbonyl (C=O) groups excluding carboxylic acids is 1. The Morgan fingerprint density at radius 2 is 1.81 bits per heavy atom. The first-order valence-corrected chi connectivity index (χ1v) is 11.0. The smallest absolute Gasteiger partial charge is 0.262 e. The van der Waals surface area contributed by atoms with Gasteiger partial charge >= 0.3 is 0 Å². The first-order valence-electron chi connectivity index (χ1n) is 9.41. The number of anilines is 2. The highest BCUT2D eigenvalue weighted by molar-refractivity contribution is 9.10. The molecule has 1 amide bonds. The number of hydrogen-bond acceptors (Lipinski definition) is 4. The van der Waals surface area contributed by atoms with E-state index in [1.807, 2.05) is 37.3 Å². The van der Waals surface area contributed by atoms with Gasteiger partial charge in [0.2, 0.25) is 0 Å². The highest BCUT2D eigenvalue weighted by Gasteiger charge is 2.17. The first-order chi connectivity index (χ1) is 14.9. The number of benzene rings is 3. The molecule has 8 heteroatoms. The summed E-state index contributed by atoms with van der Waals surface area (Å²) in [5.41, 5.74) is 3.34. The van der Waals surface area contributed by atoms with Gasteiger partial charge in [-0.1, -0.05) is 56.8 Å². The zero-order valence-corrected chi connectivity index (χ0v) is 20.1. The highest BCUT2D eigenvalue weighted by atomic mass is 79.9. The van der Waals surface area contributed by atoms with Gasteiger partial charge in [-0.15, -0.1) is 0 Å². The first kappa shape index (κ1) is 23.3. The Labute approximate surface area is 199 Å². The third-order valence-electron chi connectivity index (χ3n) is 4.46. The predicted octanol–water partition coefficient (Wildman–Crippen LogP) is 6.70. The number of halogens is 3. The van der Waals surface area contributed by atoms with Crippen LogP contribution in [0.1, 0.15) is 11.1 Å². The van der Waals surface area contributed by atoms with Crippen LogP contribution in [0, 0.1) is 6.92 Å². The summed E-state index contributed by atoms with van der Waals surface area (Å²) >= 11 is 15.8. The van der Waals surface area contributed by atoms with Crippen molar-refractivity contribution in [2.45, 2.75) is 13.5 Å². The molecule has 3 aromatic carbocycles. The minimum atomic E-state index is -0.273. The molecular formula is C23H21BrCl2N2O3. The number of methoxy groups -OCH3 is 1. The van der Waals surface area contributed by atoms with Crippen molar-refractivity contribution in [1.29, 1.82) is 0 Å². The van der Waals surface area contributed by atoms with E-state index in [1.165, 1.54) is 0 Å². The third-order valence-corrected chi connectivity index (χ3v) is 5.75. The molecule has 0 spiro atoms. The van der Waals surface area contributed by atoms with Gasteiger partial charge in [0.15, 0.2) is 18.1 Å². The number of nitrogens with one attached hydrogen (secondary N) is 2. The Balaban J connectivity index is 1.74. The Morgan fingerprint density at radius 1 is 1.06 bits per heavy atom. The molecule has 0 saturated carbocycles. The van der Waals surface area contributed by atoms with Gasteiger partial charge in [-0.2, -0.15) is 0 Å². The van der Waals surface area contributed by atoms with Gasteiger partial charge in [0.05, 0.1) is 17.8 Å². The zero-order chi connectivity index (χ0) is 22.4. The molecule has 0 saturated heterocycles. The largest absolute Gasteiger partial charge is 0.493 e. The number of amides is 1. The van der Waals surface area contributed by atoms with Crippen LogP contribution < -0.4 is 20.1 Å². The highest BCUT2D eigenvalue weighted by Crippen LogP contribution is 2.37. The summed E-state index contributed by atoms with van der Waals surface area (Å²) in [5, 5.41) is 7.15. The summed E-state index contributed by atoms with van der Waals surface area (Å²) in [7, 11) is 1.55. The molecule has 0 atom stereocenters. The van der Waals surface area contributed by atoms with Crippen LogP contribution in [0.2, 0.25) is 10.0 Å². The lowest BCUT2D eigenvalue weighted by atomic mass is 10.1. The lowest BCUT2D eigenvalue weighted by Crippen LogP contribution is -2.21. The Bertz CT molecular complexity index is 1080. The molecular weight excluding hydrogens is 503 g/mol. The summed E-state index contributed by atoms with van der Waals surface area (Å²) in [6.07, 6.45) is 0. The van der Waals surface area contributed by atoms with Crippen molar-refractivity contribution >= 4 is 56.4 Å². The van der Waals surface area contributed by atoms with Crippen LogP contribution in [-0.2, 0) is 11.3 Å². The molecule has 0 aromatic heterocycles. The molecule has 0 aliphatic heterocycles. The van der Waals surface area contributed by atoms with Gasteiger partial charge in [-0.3, -0.25) is 4.79 Å². The number of ether oxygens (including phenoxy) is 2. The molecule has 0 radical (unpaired) electrons. The number of aryl methyl sites for hydroxylation is 1. The third kappa shape index (κ3) is 6.29. The van der Waals surface area contributed by atoms with Gasteiger partial charge in [0.1, 0.15) is 0 Å². The lowest BCUT2D eigenvalue weighted by molar-refractivity contribution is -0.118. The molecule has 0 unspecified atom stereocenters. The molecule has 162 valence electrons. The van der Waals surface area contributed by atoms with Crippen molar-refractivity contribution in [3.63, 3.8) is 0 Å². The minimum Gasteiger partial charge on any atom is -0.493 e. The molecule has 3 rings (SSSR count). The van der Waals surface area contributed by atoms with Gasteiger partial charge < -0.3 is 20.1 Å². The summed E-state index contributed by atoms with van der Waals surface area (Å²) < 4.78 is 12.1. The molecule has 31 heavy (non-hydrogen) atoms. The average Bonchev–Trinajstić information content (AvgIpc) is 2.74. The lowest BCUT2D eigenvalue weighted by Gasteiger charge is -2.18. The van der Waals surface area contributed by atoms with Crippen molar-refractivity contribution in [2.24, 2.45) is 0 Å². The molecule has 0 heterocycles. The maximum atomic E-state index is 12.4. The van der Waals surface area contributed by atoms with Gasteiger partial charge in [0.25, 0.3) is 5.91 Å². The van der Waals surface area contributed by atoms with Crippen molar-refractivity contribution in [3.05, 3.63) is 80.2 Å². The van der Waals surface area contributed by atoms with Gasteiger partial charge in [-0.25, -0.2) is 0 Å². The van der Waals surface area contributed by atoms with Crippen LogP contribution >= 0.6 is 39.1 Å². The van der Waals surface area contributed by atoms with Crippen LogP contribution in [0.15, 0.2) is 59.1 Å². The van der Waals surface area contributed by atoms with E-state index in [1.54, 1.807) is 31.4 Å². The molecule has 5 nitrogen and oxygen atoms in total. The van der Waals surface area contributed by atoms with Gasteiger partial charge in [0, 0.05) is 27.3 Å². The van der Waals surface area contributed by atoms with Crippen LogP contribution in [0.5, 0.6) is 11.5 Å². The minimum absolute atomic E-state index is 0.171. The van der Waals surface area contributed by atoms with E-state index in [0.717, 1.165) is 21.3 Å². The van der Waals surface area contributed by atoms with Crippen LogP contribution in [0.3, 0.4) is 0 Å². The Morgan fingerprint density at radius 3 is 2.48 bits per heavy atom. The molecule has 0 aliphatic rings. The van der Waals surface area contributed by atoms with Crippen molar-refractivity contribution in [1.82, 2.24) is 0 Å². The quantitative estimate of drug-likeness (QED) is 0.344. The van der Waals surface area contributed by atoms with Crippen molar-refractivity contribution in [3.8, 4) is 11.5 Å². The maximum Gasteiger partial charge on any atom is 0.262 e. The van der Waals surface area contributed by atoms with E-state index < -0.39 is 0 Å². The Hall–Kier alpha value is -2.41. The Kier molecular flexibility index (Phi) is 8.07. The monoisotopic (exact) mass is 522 g/mol. The van der Waals surface area contributed by atoms with E-state index in [-0.39, 0.29) is 12.5 Å². The van der Waals surface area contributed by atoms with E-state index in [0.29, 0.717) is 33.8 Å². The van der Waals surface area contributed by atoms with Crippen molar-refractivity contribution < 1.29 is 14.3 Å². The summed E-state index contributed by atoms with van der Waals surface area (Å²) in [5.74, 6) is 0.712. The van der Waals surface area contributed by atoms with E-state index in [9.17, 15) is 4.79 Å². The number of carbonyl (C=O) groups is 1.